The highest BCUT2D eigenvalue weighted by Gasteiger charge is 2.23. The van der Waals surface area contributed by atoms with Crippen molar-refractivity contribution >= 4 is 11.2 Å². The summed E-state index contributed by atoms with van der Waals surface area (Å²) in [6, 6.07) is 2.06. The molecule has 0 unspecified atom stereocenters. The first kappa shape index (κ1) is 13.0. The van der Waals surface area contributed by atoms with Gasteiger partial charge in [-0.25, -0.2) is 9.97 Å². The van der Waals surface area contributed by atoms with Crippen molar-refractivity contribution in [2.24, 2.45) is 0 Å². The molecule has 0 fully saturated rings. The van der Waals surface area contributed by atoms with Gasteiger partial charge in [-0.2, -0.15) is 0 Å². The molecule has 4 nitrogen and oxygen atoms in total. The maximum absolute atomic E-state index is 9.02. The number of hydrogen-bond donors (Lipinski definition) is 1. The molecule has 0 aromatic carbocycles. The van der Waals surface area contributed by atoms with Gasteiger partial charge in [0.1, 0.15) is 11.3 Å². The number of aromatic nitrogens is 3. The summed E-state index contributed by atoms with van der Waals surface area (Å²) in [5, 5.41) is 9.02. The molecule has 0 spiro atoms. The van der Waals surface area contributed by atoms with Crippen molar-refractivity contribution in [2.45, 2.75) is 46.1 Å². The molecule has 0 saturated carbocycles. The van der Waals surface area contributed by atoms with Crippen LogP contribution in [0.15, 0.2) is 12.3 Å². The van der Waals surface area contributed by atoms with Crippen LogP contribution in [0.1, 0.15) is 38.6 Å². The Labute approximate surface area is 108 Å². The van der Waals surface area contributed by atoms with E-state index >= 15 is 0 Å². The Bertz CT molecular complexity index is 552. The van der Waals surface area contributed by atoms with Gasteiger partial charge in [-0.1, -0.05) is 20.8 Å². The molecule has 18 heavy (non-hydrogen) atoms. The zero-order chi connectivity index (χ0) is 13.3. The van der Waals surface area contributed by atoms with Crippen molar-refractivity contribution in [3.8, 4) is 0 Å². The lowest BCUT2D eigenvalue weighted by Crippen LogP contribution is -2.19. The molecule has 0 radical (unpaired) electrons. The monoisotopic (exact) mass is 247 g/mol. The van der Waals surface area contributed by atoms with E-state index in [9.17, 15) is 0 Å². The molecular weight excluding hydrogens is 226 g/mol. The van der Waals surface area contributed by atoms with E-state index in [2.05, 4.69) is 36.4 Å². The molecule has 2 heterocycles. The van der Waals surface area contributed by atoms with Crippen molar-refractivity contribution < 1.29 is 5.11 Å². The second kappa shape index (κ2) is 4.69. The smallest absolute Gasteiger partial charge is 0.160 e. The van der Waals surface area contributed by atoms with Crippen molar-refractivity contribution in [1.82, 2.24) is 14.5 Å². The number of imidazole rings is 1. The molecule has 2 rings (SSSR count). The van der Waals surface area contributed by atoms with Crippen molar-refractivity contribution in [1.29, 1.82) is 0 Å². The minimum atomic E-state index is -0.0237. The maximum Gasteiger partial charge on any atom is 0.160 e. The van der Waals surface area contributed by atoms with E-state index in [1.807, 2.05) is 13.1 Å². The molecule has 0 saturated heterocycles. The lowest BCUT2D eigenvalue weighted by atomic mass is 9.95. The van der Waals surface area contributed by atoms with Gasteiger partial charge in [-0.05, 0) is 25.0 Å². The summed E-state index contributed by atoms with van der Waals surface area (Å²) >= 11 is 0. The molecule has 0 amide bonds. The van der Waals surface area contributed by atoms with E-state index < -0.39 is 0 Å². The van der Waals surface area contributed by atoms with Crippen LogP contribution in [0.4, 0.5) is 0 Å². The first-order valence-corrected chi connectivity index (χ1v) is 6.37. The summed E-state index contributed by atoms with van der Waals surface area (Å²) in [5.74, 6) is 1.03. The van der Waals surface area contributed by atoms with Crippen LogP contribution in [0, 0.1) is 6.92 Å². The Kier molecular flexibility index (Phi) is 3.39. The van der Waals surface area contributed by atoms with Gasteiger partial charge in [0.25, 0.3) is 0 Å². The molecule has 0 aliphatic carbocycles. The Morgan fingerprint density at radius 3 is 2.67 bits per heavy atom. The molecule has 1 N–H and O–H groups in total. The highest BCUT2D eigenvalue weighted by molar-refractivity contribution is 5.72. The van der Waals surface area contributed by atoms with Crippen LogP contribution in [0.3, 0.4) is 0 Å². The topological polar surface area (TPSA) is 50.9 Å². The molecule has 0 bridgehead atoms. The van der Waals surface area contributed by atoms with E-state index in [1.54, 1.807) is 0 Å². The third kappa shape index (κ3) is 2.38. The van der Waals surface area contributed by atoms with Crippen LogP contribution in [-0.2, 0) is 12.0 Å². The fourth-order valence-electron chi connectivity index (χ4n) is 2.12. The summed E-state index contributed by atoms with van der Waals surface area (Å²) in [6.07, 6.45) is 2.59. The van der Waals surface area contributed by atoms with Gasteiger partial charge in [-0.15, -0.1) is 0 Å². The largest absolute Gasteiger partial charge is 0.396 e. The van der Waals surface area contributed by atoms with Crippen molar-refractivity contribution in [3.63, 3.8) is 0 Å². The average Bonchev–Trinajstić information content (AvgIpc) is 2.63. The summed E-state index contributed by atoms with van der Waals surface area (Å²) in [7, 11) is 0. The van der Waals surface area contributed by atoms with Gasteiger partial charge in [-0.3, -0.25) is 0 Å². The van der Waals surface area contributed by atoms with Gasteiger partial charge < -0.3 is 9.67 Å². The number of rotatable bonds is 3. The third-order valence-electron chi connectivity index (χ3n) is 2.93. The number of aliphatic hydroxyl groups excluding tert-OH is 1. The number of hydrogen-bond acceptors (Lipinski definition) is 3. The average molecular weight is 247 g/mol. The van der Waals surface area contributed by atoms with Crippen LogP contribution < -0.4 is 0 Å². The molecule has 4 heteroatoms. The first-order chi connectivity index (χ1) is 8.43. The SMILES string of the molecule is Cc1cnc2c(c1)nc(C(C)(C)C)n2CCCO. The highest BCUT2D eigenvalue weighted by atomic mass is 16.3. The third-order valence-corrected chi connectivity index (χ3v) is 2.93. The molecule has 2 aromatic rings. The summed E-state index contributed by atoms with van der Waals surface area (Å²) in [5.41, 5.74) is 2.95. The van der Waals surface area contributed by atoms with Gasteiger partial charge in [0.05, 0.1) is 0 Å². The Morgan fingerprint density at radius 1 is 1.33 bits per heavy atom. The lowest BCUT2D eigenvalue weighted by molar-refractivity contribution is 0.278. The lowest BCUT2D eigenvalue weighted by Gasteiger charge is -2.19. The standard InChI is InChI=1S/C14H21N3O/c1-10-8-11-12(15-9-10)17(6-5-7-18)13(16-11)14(2,3)4/h8-9,18H,5-7H2,1-4H3. The number of aliphatic hydroxyl groups is 1. The molecule has 0 aliphatic heterocycles. The van der Waals surface area contributed by atoms with Crippen LogP contribution in [0.2, 0.25) is 0 Å². The zero-order valence-corrected chi connectivity index (χ0v) is 11.6. The summed E-state index contributed by atoms with van der Waals surface area (Å²) in [4.78, 5) is 9.20. The van der Waals surface area contributed by atoms with E-state index in [1.165, 1.54) is 0 Å². The van der Waals surface area contributed by atoms with E-state index in [0.717, 1.165) is 35.5 Å². The van der Waals surface area contributed by atoms with Gasteiger partial charge in [0.15, 0.2) is 5.65 Å². The molecule has 0 aliphatic rings. The molecule has 98 valence electrons. The summed E-state index contributed by atoms with van der Waals surface area (Å²) < 4.78 is 2.13. The predicted molar refractivity (Wildman–Crippen MR) is 72.7 cm³/mol. The normalized spacial score (nSPS) is 12.3. The molecule has 0 atom stereocenters. The Morgan fingerprint density at radius 2 is 2.06 bits per heavy atom. The van der Waals surface area contributed by atoms with Crippen molar-refractivity contribution in [3.05, 3.63) is 23.7 Å². The number of aryl methyl sites for hydroxylation is 2. The van der Waals surface area contributed by atoms with E-state index in [4.69, 9.17) is 10.1 Å². The van der Waals surface area contributed by atoms with E-state index in [-0.39, 0.29) is 12.0 Å². The Hall–Kier alpha value is -1.42. The second-order valence-corrected chi connectivity index (χ2v) is 5.77. The van der Waals surface area contributed by atoms with Crippen molar-refractivity contribution in [2.75, 3.05) is 6.61 Å². The minimum Gasteiger partial charge on any atom is -0.396 e. The highest BCUT2D eigenvalue weighted by Crippen LogP contribution is 2.26. The number of fused-ring (bicyclic) bond motifs is 1. The predicted octanol–water partition coefficient (Wildman–Crippen LogP) is 2.42. The second-order valence-electron chi connectivity index (χ2n) is 5.77. The molecule has 2 aromatic heterocycles. The van der Waals surface area contributed by atoms with E-state index in [0.29, 0.717) is 0 Å². The van der Waals surface area contributed by atoms with Crippen LogP contribution in [-0.4, -0.2) is 26.2 Å². The fourth-order valence-corrected chi connectivity index (χ4v) is 2.12. The van der Waals surface area contributed by atoms with Gasteiger partial charge in [0.2, 0.25) is 0 Å². The van der Waals surface area contributed by atoms with Crippen LogP contribution >= 0.6 is 0 Å². The fraction of sp³-hybridized carbons (Fsp3) is 0.571. The van der Waals surface area contributed by atoms with Crippen LogP contribution in [0.5, 0.6) is 0 Å². The first-order valence-electron chi connectivity index (χ1n) is 6.37. The maximum atomic E-state index is 9.02. The number of nitrogens with zero attached hydrogens (tertiary/aromatic N) is 3. The quantitative estimate of drug-likeness (QED) is 0.906. The summed E-state index contributed by atoms with van der Waals surface area (Å²) in [6.45, 7) is 9.42. The zero-order valence-electron chi connectivity index (χ0n) is 11.6. The van der Waals surface area contributed by atoms with Crippen LogP contribution in [0.25, 0.3) is 11.2 Å². The van der Waals surface area contributed by atoms with Gasteiger partial charge in [0, 0.05) is 24.8 Å². The number of pyridine rings is 1. The minimum absolute atomic E-state index is 0.0237. The van der Waals surface area contributed by atoms with Gasteiger partial charge >= 0.3 is 0 Å². The molecular formula is C14H21N3O. The Balaban J connectivity index is 2.60.